The molecule has 0 radical (unpaired) electrons. The van der Waals surface area contributed by atoms with Crippen molar-refractivity contribution in [3.05, 3.63) is 65.3 Å². The maximum atomic E-state index is 12.4. The number of hydrogen-bond acceptors (Lipinski definition) is 4. The number of rotatable bonds is 5. The van der Waals surface area contributed by atoms with Crippen molar-refractivity contribution in [1.82, 2.24) is 10.3 Å². The van der Waals surface area contributed by atoms with E-state index < -0.39 is 0 Å². The number of fused-ring (bicyclic) bond motifs is 3. The SMILES string of the molecule is O=C(CN1C(=O)COc2c1cc(Cl)c1cccnc21)NCCc1ccccc1. The van der Waals surface area contributed by atoms with Gasteiger partial charge in [0.15, 0.2) is 12.4 Å². The van der Waals surface area contributed by atoms with E-state index in [-0.39, 0.29) is 25.0 Å². The summed E-state index contributed by atoms with van der Waals surface area (Å²) in [6, 6.07) is 15.2. The second-order valence-corrected chi connectivity index (χ2v) is 6.87. The standard InChI is InChI=1S/C21H18ClN3O3/c22-16-11-17-21(20-15(16)7-4-9-24-20)28-13-19(27)25(17)12-18(26)23-10-8-14-5-2-1-3-6-14/h1-7,9,11H,8,10,12-13H2,(H,23,26). The van der Waals surface area contributed by atoms with Crippen molar-refractivity contribution in [2.45, 2.75) is 6.42 Å². The van der Waals surface area contributed by atoms with Crippen LogP contribution in [0, 0.1) is 0 Å². The highest BCUT2D eigenvalue weighted by Crippen LogP contribution is 2.41. The van der Waals surface area contributed by atoms with Crippen LogP contribution < -0.4 is 15.0 Å². The molecule has 3 aromatic rings. The smallest absolute Gasteiger partial charge is 0.265 e. The zero-order valence-corrected chi connectivity index (χ0v) is 15.8. The van der Waals surface area contributed by atoms with Gasteiger partial charge in [-0.15, -0.1) is 0 Å². The molecule has 1 aliphatic rings. The average molecular weight is 396 g/mol. The van der Waals surface area contributed by atoms with Crippen LogP contribution >= 0.6 is 11.6 Å². The number of carbonyl (C=O) groups is 2. The van der Waals surface area contributed by atoms with Gasteiger partial charge in [0.25, 0.3) is 5.91 Å². The van der Waals surface area contributed by atoms with E-state index in [2.05, 4.69) is 10.3 Å². The van der Waals surface area contributed by atoms with E-state index in [0.29, 0.717) is 28.5 Å². The number of nitrogens with zero attached hydrogens (tertiary/aromatic N) is 2. The van der Waals surface area contributed by atoms with Gasteiger partial charge in [0, 0.05) is 18.1 Å². The highest BCUT2D eigenvalue weighted by atomic mass is 35.5. The van der Waals surface area contributed by atoms with Crippen LogP contribution in [0.3, 0.4) is 0 Å². The molecule has 1 aliphatic heterocycles. The number of hydrogen-bond donors (Lipinski definition) is 1. The molecule has 0 unspecified atom stereocenters. The molecule has 0 fully saturated rings. The highest BCUT2D eigenvalue weighted by Gasteiger charge is 2.30. The summed E-state index contributed by atoms with van der Waals surface area (Å²) in [6.45, 7) is 0.254. The van der Waals surface area contributed by atoms with Crippen LogP contribution in [0.5, 0.6) is 5.75 Å². The first-order valence-corrected chi connectivity index (χ1v) is 9.32. The monoisotopic (exact) mass is 395 g/mol. The van der Waals surface area contributed by atoms with Crippen LogP contribution in [0.4, 0.5) is 5.69 Å². The Balaban J connectivity index is 1.51. The van der Waals surface area contributed by atoms with E-state index in [1.807, 2.05) is 36.4 Å². The molecule has 0 aliphatic carbocycles. The Morgan fingerprint density at radius 1 is 1.21 bits per heavy atom. The number of aromatic nitrogens is 1. The molecular formula is C21H18ClN3O3. The summed E-state index contributed by atoms with van der Waals surface area (Å²) in [7, 11) is 0. The molecule has 2 aromatic carbocycles. The molecule has 1 aromatic heterocycles. The fraction of sp³-hybridized carbons (Fsp3) is 0.190. The molecule has 0 saturated carbocycles. The fourth-order valence-corrected chi connectivity index (χ4v) is 3.47. The predicted octanol–water partition coefficient (Wildman–Crippen LogP) is 2.97. The van der Waals surface area contributed by atoms with Gasteiger partial charge in [0.05, 0.1) is 10.7 Å². The minimum absolute atomic E-state index is 0.0986. The van der Waals surface area contributed by atoms with E-state index in [0.717, 1.165) is 17.4 Å². The van der Waals surface area contributed by atoms with Gasteiger partial charge in [-0.2, -0.15) is 0 Å². The summed E-state index contributed by atoms with van der Waals surface area (Å²) in [6.07, 6.45) is 2.36. The van der Waals surface area contributed by atoms with Crippen molar-refractivity contribution in [3.63, 3.8) is 0 Å². The zero-order chi connectivity index (χ0) is 19.5. The molecule has 142 valence electrons. The first-order valence-electron chi connectivity index (χ1n) is 8.94. The van der Waals surface area contributed by atoms with Crippen molar-refractivity contribution in [2.24, 2.45) is 0 Å². The number of carbonyl (C=O) groups excluding carboxylic acids is 2. The lowest BCUT2D eigenvalue weighted by atomic mass is 10.1. The fourth-order valence-electron chi connectivity index (χ4n) is 3.22. The number of halogens is 1. The molecule has 6 nitrogen and oxygen atoms in total. The second kappa shape index (κ2) is 7.86. The molecule has 0 saturated heterocycles. The van der Waals surface area contributed by atoms with Crippen molar-refractivity contribution < 1.29 is 14.3 Å². The van der Waals surface area contributed by atoms with Crippen LogP contribution in [-0.4, -0.2) is 36.5 Å². The Hall–Kier alpha value is -3.12. The zero-order valence-electron chi connectivity index (χ0n) is 15.0. The lowest BCUT2D eigenvalue weighted by molar-refractivity contribution is -0.125. The summed E-state index contributed by atoms with van der Waals surface area (Å²) in [5, 5.41) is 4.05. The molecule has 0 atom stereocenters. The number of nitrogens with one attached hydrogen (secondary N) is 1. The maximum absolute atomic E-state index is 12.4. The van der Waals surface area contributed by atoms with E-state index in [9.17, 15) is 9.59 Å². The molecular weight excluding hydrogens is 378 g/mol. The van der Waals surface area contributed by atoms with Gasteiger partial charge in [0.1, 0.15) is 12.1 Å². The van der Waals surface area contributed by atoms with Gasteiger partial charge < -0.3 is 10.1 Å². The molecule has 2 heterocycles. The van der Waals surface area contributed by atoms with E-state index in [1.54, 1.807) is 18.3 Å². The Morgan fingerprint density at radius 3 is 2.86 bits per heavy atom. The first-order chi connectivity index (χ1) is 13.6. The molecule has 1 N–H and O–H groups in total. The average Bonchev–Trinajstić information content (AvgIpc) is 2.71. The van der Waals surface area contributed by atoms with Gasteiger partial charge in [-0.1, -0.05) is 41.9 Å². The second-order valence-electron chi connectivity index (χ2n) is 6.46. The summed E-state index contributed by atoms with van der Waals surface area (Å²) in [5.41, 5.74) is 2.18. The number of pyridine rings is 1. The first kappa shape index (κ1) is 18.3. The van der Waals surface area contributed by atoms with Crippen LogP contribution in [0.1, 0.15) is 5.56 Å². The van der Waals surface area contributed by atoms with Crippen LogP contribution in [0.2, 0.25) is 5.02 Å². The molecule has 0 bridgehead atoms. The molecule has 2 amide bonds. The lowest BCUT2D eigenvalue weighted by Gasteiger charge is -2.29. The Bertz CT molecular complexity index is 1040. The van der Waals surface area contributed by atoms with Crippen LogP contribution in [-0.2, 0) is 16.0 Å². The molecule has 7 heteroatoms. The Kier molecular flexibility index (Phi) is 5.12. The number of ether oxygens (including phenoxy) is 1. The number of benzene rings is 2. The highest BCUT2D eigenvalue weighted by molar-refractivity contribution is 6.36. The summed E-state index contributed by atoms with van der Waals surface area (Å²) >= 11 is 6.36. The molecule has 4 rings (SSSR count). The third-order valence-corrected chi connectivity index (χ3v) is 4.90. The summed E-state index contributed by atoms with van der Waals surface area (Å²) in [4.78, 5) is 30.5. The summed E-state index contributed by atoms with van der Waals surface area (Å²) < 4.78 is 5.61. The van der Waals surface area contributed by atoms with Crippen molar-refractivity contribution in [1.29, 1.82) is 0 Å². The van der Waals surface area contributed by atoms with Crippen molar-refractivity contribution in [3.8, 4) is 5.75 Å². The van der Waals surface area contributed by atoms with Gasteiger partial charge in [-0.3, -0.25) is 19.5 Å². The normalized spacial score (nSPS) is 13.2. The van der Waals surface area contributed by atoms with E-state index in [1.165, 1.54) is 4.90 Å². The number of amides is 2. The Labute approximate surface area is 167 Å². The molecule has 28 heavy (non-hydrogen) atoms. The lowest BCUT2D eigenvalue weighted by Crippen LogP contribution is -2.45. The van der Waals surface area contributed by atoms with Crippen molar-refractivity contribution in [2.75, 3.05) is 24.6 Å². The third kappa shape index (κ3) is 3.64. The summed E-state index contributed by atoms with van der Waals surface area (Å²) in [5.74, 6) is -0.0666. The van der Waals surface area contributed by atoms with Gasteiger partial charge in [-0.05, 0) is 30.2 Å². The van der Waals surface area contributed by atoms with Gasteiger partial charge in [0.2, 0.25) is 5.91 Å². The predicted molar refractivity (Wildman–Crippen MR) is 108 cm³/mol. The quantitative estimate of drug-likeness (QED) is 0.721. The number of anilines is 1. The van der Waals surface area contributed by atoms with Crippen LogP contribution in [0.25, 0.3) is 10.9 Å². The molecule has 0 spiro atoms. The van der Waals surface area contributed by atoms with E-state index >= 15 is 0 Å². The third-order valence-electron chi connectivity index (χ3n) is 4.59. The van der Waals surface area contributed by atoms with Gasteiger partial charge in [-0.25, -0.2) is 0 Å². The van der Waals surface area contributed by atoms with Crippen molar-refractivity contribution >= 4 is 40.0 Å². The van der Waals surface area contributed by atoms with Gasteiger partial charge >= 0.3 is 0 Å². The van der Waals surface area contributed by atoms with Crippen LogP contribution in [0.15, 0.2) is 54.7 Å². The minimum atomic E-state index is -0.294. The minimum Gasteiger partial charge on any atom is -0.479 e. The largest absolute Gasteiger partial charge is 0.479 e. The van der Waals surface area contributed by atoms with E-state index in [4.69, 9.17) is 16.3 Å². The maximum Gasteiger partial charge on any atom is 0.265 e. The topological polar surface area (TPSA) is 71.5 Å². The Morgan fingerprint density at radius 2 is 2.04 bits per heavy atom.